The fourth-order valence-electron chi connectivity index (χ4n) is 3.69. The number of aryl methyl sites for hydroxylation is 2. The quantitative estimate of drug-likeness (QED) is 0.470. The number of anilines is 3. The summed E-state index contributed by atoms with van der Waals surface area (Å²) in [4.78, 5) is 36.9. The van der Waals surface area contributed by atoms with Crippen LogP contribution in [0.5, 0.6) is 0 Å². The summed E-state index contributed by atoms with van der Waals surface area (Å²) in [5, 5.41) is 6.54. The maximum absolute atomic E-state index is 13.1. The van der Waals surface area contributed by atoms with Crippen LogP contribution in [-0.4, -0.2) is 46.3 Å². The van der Waals surface area contributed by atoms with Crippen molar-refractivity contribution in [2.45, 2.75) is 39.7 Å². The molecule has 0 aliphatic carbocycles. The van der Waals surface area contributed by atoms with Gasteiger partial charge in [0.2, 0.25) is 0 Å². The van der Waals surface area contributed by atoms with E-state index in [9.17, 15) is 9.59 Å². The predicted molar refractivity (Wildman–Crippen MR) is 130 cm³/mol. The number of nitrogen functional groups attached to an aromatic ring is 1. The number of carbonyl (C=O) groups is 2. The van der Waals surface area contributed by atoms with E-state index in [1.165, 1.54) is 6.20 Å². The van der Waals surface area contributed by atoms with Gasteiger partial charge in [-0.15, -0.1) is 0 Å². The Balaban J connectivity index is 1.74. The number of nitrogens with two attached hydrogens (primary N) is 1. The Labute approximate surface area is 192 Å². The second-order valence-electron chi connectivity index (χ2n) is 8.16. The number of piperidine rings is 1. The number of nitrogens with zero attached hydrogens (tertiary/aromatic N) is 3. The highest BCUT2D eigenvalue weighted by atomic mass is 32.1. The molecule has 0 spiro atoms. The highest BCUT2D eigenvalue weighted by Crippen LogP contribution is 2.29. The maximum Gasteiger partial charge on any atom is 0.313 e. The number of hydrogen-bond donors (Lipinski definition) is 3. The van der Waals surface area contributed by atoms with Gasteiger partial charge >= 0.3 is 11.8 Å². The molecule has 3 heterocycles. The number of rotatable bonds is 5. The van der Waals surface area contributed by atoms with Crippen LogP contribution in [0, 0.1) is 19.8 Å². The predicted octanol–water partition coefficient (Wildman–Crippen LogP) is 3.61. The Kier molecular flexibility index (Phi) is 7.29. The minimum atomic E-state index is -0.691. The first-order valence-corrected chi connectivity index (χ1v) is 11.4. The van der Waals surface area contributed by atoms with Crippen LogP contribution in [0.25, 0.3) is 6.08 Å². The van der Waals surface area contributed by atoms with Crippen LogP contribution in [0.4, 0.5) is 16.6 Å². The molecule has 32 heavy (non-hydrogen) atoms. The minimum absolute atomic E-state index is 0.232. The Morgan fingerprint density at radius 3 is 2.75 bits per heavy atom. The fraction of sp³-hybridized carbons (Fsp3) is 0.391. The zero-order chi connectivity index (χ0) is 23.4. The lowest BCUT2D eigenvalue weighted by Gasteiger charge is -2.38. The SMILES string of the molecule is C=C(/C=C\c1sc(NC)nc1C)[C@@H]1CC[C@@H](C)CN1C(=O)C(=O)Nc1cnc(N)c(C)c1. The zero-order valence-electron chi connectivity index (χ0n) is 18.9. The molecule has 3 rings (SSSR count). The van der Waals surface area contributed by atoms with Crippen LogP contribution in [-0.2, 0) is 9.59 Å². The summed E-state index contributed by atoms with van der Waals surface area (Å²) < 4.78 is 0. The van der Waals surface area contributed by atoms with Gasteiger partial charge in [0.05, 0.1) is 28.5 Å². The molecule has 8 nitrogen and oxygen atoms in total. The van der Waals surface area contributed by atoms with E-state index < -0.39 is 11.8 Å². The van der Waals surface area contributed by atoms with Gasteiger partial charge in [-0.05, 0) is 55.9 Å². The van der Waals surface area contributed by atoms with Crippen LogP contribution < -0.4 is 16.4 Å². The van der Waals surface area contributed by atoms with Gasteiger partial charge in [-0.2, -0.15) is 0 Å². The molecule has 1 fully saturated rings. The van der Waals surface area contributed by atoms with Gasteiger partial charge in [-0.3, -0.25) is 9.59 Å². The smallest absolute Gasteiger partial charge is 0.313 e. The van der Waals surface area contributed by atoms with Crippen molar-refractivity contribution in [3.05, 3.63) is 46.6 Å². The molecule has 2 aromatic rings. The lowest BCUT2D eigenvalue weighted by molar-refractivity contribution is -0.145. The third kappa shape index (κ3) is 5.34. The van der Waals surface area contributed by atoms with Gasteiger partial charge in [0, 0.05) is 13.6 Å². The molecule has 0 aromatic carbocycles. The van der Waals surface area contributed by atoms with E-state index in [0.29, 0.717) is 24.0 Å². The summed E-state index contributed by atoms with van der Waals surface area (Å²) in [6.07, 6.45) is 7.07. The Morgan fingerprint density at radius 1 is 1.34 bits per heavy atom. The van der Waals surface area contributed by atoms with Crippen LogP contribution in [0.1, 0.15) is 35.9 Å². The summed E-state index contributed by atoms with van der Waals surface area (Å²) in [6.45, 7) is 10.5. The summed E-state index contributed by atoms with van der Waals surface area (Å²) in [6, 6.07) is 1.46. The number of likely N-dealkylation sites (tertiary alicyclic amines) is 1. The van der Waals surface area contributed by atoms with Crippen molar-refractivity contribution in [3.63, 3.8) is 0 Å². The first kappa shape index (κ1) is 23.5. The van der Waals surface area contributed by atoms with Crippen LogP contribution in [0.3, 0.4) is 0 Å². The number of nitrogens with one attached hydrogen (secondary N) is 2. The van der Waals surface area contributed by atoms with Gasteiger partial charge < -0.3 is 21.3 Å². The third-order valence-electron chi connectivity index (χ3n) is 5.57. The van der Waals surface area contributed by atoms with Gasteiger partial charge in [-0.25, -0.2) is 9.97 Å². The van der Waals surface area contributed by atoms with E-state index in [2.05, 4.69) is 34.1 Å². The minimum Gasteiger partial charge on any atom is -0.383 e. The van der Waals surface area contributed by atoms with E-state index in [-0.39, 0.29) is 6.04 Å². The van der Waals surface area contributed by atoms with Crippen molar-refractivity contribution in [3.8, 4) is 0 Å². The molecule has 0 radical (unpaired) electrons. The van der Waals surface area contributed by atoms with Gasteiger partial charge in [0.1, 0.15) is 5.82 Å². The zero-order valence-corrected chi connectivity index (χ0v) is 19.8. The van der Waals surface area contributed by atoms with Crippen molar-refractivity contribution in [1.29, 1.82) is 0 Å². The Bertz CT molecular complexity index is 1060. The number of pyridine rings is 1. The van der Waals surface area contributed by atoms with E-state index >= 15 is 0 Å². The van der Waals surface area contributed by atoms with Crippen molar-refractivity contribution in [2.75, 3.05) is 30.0 Å². The van der Waals surface area contributed by atoms with Crippen LogP contribution in [0.15, 0.2) is 30.5 Å². The lowest BCUT2D eigenvalue weighted by atomic mass is 9.90. The van der Waals surface area contributed by atoms with Gasteiger partial charge in [0.25, 0.3) is 0 Å². The summed E-state index contributed by atoms with van der Waals surface area (Å²) in [7, 11) is 1.84. The maximum atomic E-state index is 13.1. The first-order valence-electron chi connectivity index (χ1n) is 10.6. The molecular formula is C23H30N6O2S. The Morgan fingerprint density at radius 2 is 2.09 bits per heavy atom. The molecule has 0 bridgehead atoms. The van der Waals surface area contributed by atoms with Crippen molar-refractivity contribution >= 4 is 45.9 Å². The molecule has 2 amide bonds. The molecule has 1 aliphatic rings. The van der Waals surface area contributed by atoms with E-state index in [0.717, 1.165) is 39.7 Å². The third-order valence-corrected chi connectivity index (χ3v) is 6.71. The number of hydrogen-bond acceptors (Lipinski definition) is 7. The summed E-state index contributed by atoms with van der Waals surface area (Å²) in [5.41, 5.74) is 8.63. The average molecular weight is 455 g/mol. The summed E-state index contributed by atoms with van der Waals surface area (Å²) >= 11 is 1.55. The van der Waals surface area contributed by atoms with E-state index in [1.54, 1.807) is 29.2 Å². The molecule has 170 valence electrons. The molecule has 2 aromatic heterocycles. The lowest BCUT2D eigenvalue weighted by Crippen LogP contribution is -2.50. The first-order chi connectivity index (χ1) is 15.2. The van der Waals surface area contributed by atoms with E-state index in [1.807, 2.05) is 26.1 Å². The molecule has 1 aliphatic heterocycles. The Hall–Kier alpha value is -3.20. The number of carbonyl (C=O) groups excluding carboxylic acids is 2. The molecule has 2 atom stereocenters. The number of aromatic nitrogens is 2. The van der Waals surface area contributed by atoms with Gasteiger partial charge in [-0.1, -0.05) is 30.9 Å². The molecule has 4 N–H and O–H groups in total. The van der Waals surface area contributed by atoms with Crippen molar-refractivity contribution in [1.82, 2.24) is 14.9 Å². The highest BCUT2D eigenvalue weighted by Gasteiger charge is 2.34. The largest absolute Gasteiger partial charge is 0.383 e. The average Bonchev–Trinajstić information content (AvgIpc) is 3.13. The van der Waals surface area contributed by atoms with Crippen molar-refractivity contribution in [2.24, 2.45) is 5.92 Å². The normalized spacial score (nSPS) is 18.6. The molecule has 1 saturated heterocycles. The summed E-state index contributed by atoms with van der Waals surface area (Å²) in [5.74, 6) is -0.566. The fourth-order valence-corrected chi connectivity index (χ4v) is 4.52. The molecule has 0 saturated carbocycles. The second kappa shape index (κ2) is 9.95. The monoisotopic (exact) mass is 454 g/mol. The topological polar surface area (TPSA) is 113 Å². The molecule has 0 unspecified atom stereocenters. The van der Waals surface area contributed by atoms with Crippen molar-refractivity contribution < 1.29 is 9.59 Å². The van der Waals surface area contributed by atoms with E-state index in [4.69, 9.17) is 5.73 Å². The molecule has 9 heteroatoms. The van der Waals surface area contributed by atoms with Gasteiger partial charge in [0.15, 0.2) is 5.13 Å². The number of amides is 2. The number of thiazole rings is 1. The second-order valence-corrected chi connectivity index (χ2v) is 9.19. The van der Waals surface area contributed by atoms with Crippen LogP contribution in [0.2, 0.25) is 0 Å². The highest BCUT2D eigenvalue weighted by molar-refractivity contribution is 7.16. The molecular weight excluding hydrogens is 424 g/mol. The standard InChI is InChI=1S/C23H30N6O2S/c1-13-6-8-18(14(2)7-9-19-16(4)27-23(25-5)32-19)29(12-13)22(31)21(30)28-17-10-15(3)20(24)26-11-17/h7,9-11,13,18H,2,6,8,12H2,1,3-5H3,(H2,24,26)(H,25,27)(H,28,30)/b9-7-/t13-,18+/m1/s1. The van der Waals surface area contributed by atoms with Crippen LogP contribution >= 0.6 is 11.3 Å².